The zero-order valence-corrected chi connectivity index (χ0v) is 14.4. The second kappa shape index (κ2) is 8.17. The summed E-state index contributed by atoms with van der Waals surface area (Å²) in [6, 6.07) is -1.86. The van der Waals surface area contributed by atoms with Crippen LogP contribution in [0.15, 0.2) is 0 Å². The molecule has 0 spiro atoms. The van der Waals surface area contributed by atoms with Gasteiger partial charge >= 0.3 is 6.09 Å². The third-order valence-corrected chi connectivity index (χ3v) is 4.90. The first-order valence-electron chi connectivity index (χ1n) is 8.62. The second-order valence-corrected chi connectivity index (χ2v) is 6.92. The van der Waals surface area contributed by atoms with Gasteiger partial charge in [-0.15, -0.1) is 0 Å². The molecule has 0 unspecified atom stereocenters. The molecule has 1 aliphatic heterocycles. The number of nitrogens with two attached hydrogens (primary N) is 1. The largest absolute Gasteiger partial charge is 0.465 e. The van der Waals surface area contributed by atoms with Gasteiger partial charge in [-0.1, -0.05) is 12.8 Å². The zero-order chi connectivity index (χ0) is 18.6. The van der Waals surface area contributed by atoms with Gasteiger partial charge in [0.1, 0.15) is 12.1 Å². The van der Waals surface area contributed by atoms with Crippen LogP contribution >= 0.6 is 0 Å². The molecule has 1 saturated heterocycles. The summed E-state index contributed by atoms with van der Waals surface area (Å²) in [6.45, 7) is 0.607. The van der Waals surface area contributed by atoms with E-state index in [2.05, 4.69) is 10.6 Å². The molecule has 9 nitrogen and oxygen atoms in total. The molecular weight excluding hydrogens is 328 g/mol. The first kappa shape index (κ1) is 19.0. The molecule has 1 aliphatic carbocycles. The van der Waals surface area contributed by atoms with E-state index < -0.39 is 30.0 Å². The van der Waals surface area contributed by atoms with Crippen LogP contribution in [0.3, 0.4) is 0 Å². The fraction of sp³-hybridized carbons (Fsp3) is 0.750. The van der Waals surface area contributed by atoms with Crippen molar-refractivity contribution in [2.45, 2.75) is 50.6 Å². The molecule has 25 heavy (non-hydrogen) atoms. The van der Waals surface area contributed by atoms with Crippen molar-refractivity contribution in [1.29, 1.82) is 0 Å². The first-order valence-corrected chi connectivity index (χ1v) is 8.62. The molecule has 0 radical (unpaired) electrons. The van der Waals surface area contributed by atoms with Crippen molar-refractivity contribution in [2.75, 3.05) is 13.6 Å². The molecule has 0 bridgehead atoms. The van der Waals surface area contributed by atoms with Crippen molar-refractivity contribution in [3.05, 3.63) is 0 Å². The highest BCUT2D eigenvalue weighted by Crippen LogP contribution is 2.34. The number of carboxylic acid groups (broad SMARTS) is 1. The predicted octanol–water partition coefficient (Wildman–Crippen LogP) is -0.349. The van der Waals surface area contributed by atoms with E-state index in [1.54, 1.807) is 0 Å². The minimum atomic E-state index is -1.21. The standard InChI is InChI=1S/C16H26N4O5/c1-20(16(24)25)12(7-9-4-5-9)15(23)19-11(13(17)21)8-10-3-2-6-18-14(10)22/h9-12H,2-8H2,1H3,(H2,17,21)(H,18,22)(H,19,23)(H,24,25)/t10-,11-,12-/m0/s1. The Bertz CT molecular complexity index is 549. The highest BCUT2D eigenvalue weighted by Gasteiger charge is 2.36. The lowest BCUT2D eigenvalue weighted by atomic mass is 9.91. The molecule has 1 saturated carbocycles. The normalized spacial score (nSPS) is 22.4. The van der Waals surface area contributed by atoms with Gasteiger partial charge in [0.25, 0.3) is 0 Å². The molecule has 5 N–H and O–H groups in total. The summed E-state index contributed by atoms with van der Waals surface area (Å²) < 4.78 is 0. The lowest BCUT2D eigenvalue weighted by molar-refractivity contribution is -0.132. The van der Waals surface area contributed by atoms with Crippen LogP contribution in [0, 0.1) is 11.8 Å². The molecule has 2 fully saturated rings. The van der Waals surface area contributed by atoms with Crippen LogP contribution < -0.4 is 16.4 Å². The number of primary amides is 1. The van der Waals surface area contributed by atoms with Gasteiger partial charge in [-0.05, 0) is 31.6 Å². The maximum Gasteiger partial charge on any atom is 0.407 e. The van der Waals surface area contributed by atoms with Crippen molar-refractivity contribution in [2.24, 2.45) is 17.6 Å². The number of amides is 4. The number of likely N-dealkylation sites (N-methyl/N-ethyl adjacent to an activating group) is 1. The van der Waals surface area contributed by atoms with Crippen molar-refractivity contribution in [3.8, 4) is 0 Å². The number of carbonyl (C=O) groups is 4. The van der Waals surface area contributed by atoms with Gasteiger partial charge in [0.15, 0.2) is 0 Å². The quantitative estimate of drug-likeness (QED) is 0.471. The van der Waals surface area contributed by atoms with Crippen molar-refractivity contribution >= 4 is 23.8 Å². The maximum atomic E-state index is 12.6. The second-order valence-electron chi connectivity index (χ2n) is 6.92. The summed E-state index contributed by atoms with van der Waals surface area (Å²) in [5, 5.41) is 14.5. The number of nitrogens with zero attached hydrogens (tertiary/aromatic N) is 1. The monoisotopic (exact) mass is 354 g/mol. The summed E-state index contributed by atoms with van der Waals surface area (Å²) in [7, 11) is 1.34. The van der Waals surface area contributed by atoms with E-state index >= 15 is 0 Å². The third-order valence-electron chi connectivity index (χ3n) is 4.90. The van der Waals surface area contributed by atoms with Gasteiger partial charge in [-0.25, -0.2) is 4.79 Å². The van der Waals surface area contributed by atoms with Crippen LogP contribution in [0.25, 0.3) is 0 Å². The van der Waals surface area contributed by atoms with E-state index in [0.717, 1.165) is 24.2 Å². The van der Waals surface area contributed by atoms with E-state index in [1.807, 2.05) is 0 Å². The molecular formula is C16H26N4O5. The predicted molar refractivity (Wildman–Crippen MR) is 88.4 cm³/mol. The van der Waals surface area contributed by atoms with E-state index in [0.29, 0.717) is 25.3 Å². The van der Waals surface area contributed by atoms with Gasteiger partial charge in [0, 0.05) is 19.5 Å². The Morgan fingerprint density at radius 2 is 2.00 bits per heavy atom. The highest BCUT2D eigenvalue weighted by molar-refractivity contribution is 5.91. The Hall–Kier alpha value is -2.32. The van der Waals surface area contributed by atoms with Gasteiger partial charge in [0.2, 0.25) is 17.7 Å². The number of carbonyl (C=O) groups excluding carboxylic acids is 3. The zero-order valence-electron chi connectivity index (χ0n) is 14.4. The Labute approximate surface area is 146 Å². The summed E-state index contributed by atoms with van der Waals surface area (Å²) in [6.07, 6.45) is 2.72. The van der Waals surface area contributed by atoms with Gasteiger partial charge in [0.05, 0.1) is 0 Å². The van der Waals surface area contributed by atoms with E-state index in [4.69, 9.17) is 5.73 Å². The van der Waals surface area contributed by atoms with E-state index in [-0.39, 0.29) is 18.2 Å². The fourth-order valence-corrected chi connectivity index (χ4v) is 3.10. The Morgan fingerprint density at radius 1 is 1.32 bits per heavy atom. The smallest absolute Gasteiger partial charge is 0.407 e. The van der Waals surface area contributed by atoms with E-state index in [9.17, 15) is 24.3 Å². The molecule has 0 aromatic carbocycles. The number of hydrogen-bond donors (Lipinski definition) is 4. The summed E-state index contributed by atoms with van der Waals surface area (Å²) in [5.41, 5.74) is 5.38. The Balaban J connectivity index is 2.02. The third kappa shape index (κ3) is 5.33. The topological polar surface area (TPSA) is 142 Å². The maximum absolute atomic E-state index is 12.6. The molecule has 9 heteroatoms. The average molecular weight is 354 g/mol. The van der Waals surface area contributed by atoms with Gasteiger partial charge < -0.3 is 21.5 Å². The Morgan fingerprint density at radius 3 is 2.52 bits per heavy atom. The molecule has 1 heterocycles. The number of piperidine rings is 1. The van der Waals surface area contributed by atoms with Gasteiger partial charge in [-0.2, -0.15) is 0 Å². The van der Waals surface area contributed by atoms with Crippen LogP contribution in [-0.4, -0.2) is 59.5 Å². The highest BCUT2D eigenvalue weighted by atomic mass is 16.4. The number of hydrogen-bond acceptors (Lipinski definition) is 4. The summed E-state index contributed by atoms with van der Waals surface area (Å²) >= 11 is 0. The number of nitrogens with one attached hydrogen (secondary N) is 2. The minimum absolute atomic E-state index is 0.125. The molecule has 4 amide bonds. The van der Waals surface area contributed by atoms with Crippen LogP contribution in [-0.2, 0) is 14.4 Å². The molecule has 140 valence electrons. The van der Waals surface area contributed by atoms with Gasteiger partial charge in [-0.3, -0.25) is 19.3 Å². The average Bonchev–Trinajstić information content (AvgIpc) is 3.37. The fourth-order valence-electron chi connectivity index (χ4n) is 3.10. The lowest BCUT2D eigenvalue weighted by Crippen LogP contribution is -2.54. The van der Waals surface area contributed by atoms with Crippen LogP contribution in [0.4, 0.5) is 4.79 Å². The molecule has 0 aromatic rings. The van der Waals surface area contributed by atoms with Crippen molar-refractivity contribution in [3.63, 3.8) is 0 Å². The molecule has 2 aliphatic rings. The SMILES string of the molecule is CN(C(=O)O)[C@@H](CC1CC1)C(=O)N[C@@H](C[C@@H]1CCCNC1=O)C(N)=O. The molecule has 2 rings (SSSR count). The molecule has 3 atom stereocenters. The minimum Gasteiger partial charge on any atom is -0.465 e. The van der Waals surface area contributed by atoms with Crippen LogP contribution in [0.2, 0.25) is 0 Å². The first-order chi connectivity index (χ1) is 11.8. The number of rotatable bonds is 8. The van der Waals surface area contributed by atoms with Crippen molar-refractivity contribution in [1.82, 2.24) is 15.5 Å². The molecule has 0 aromatic heterocycles. The Kier molecular flexibility index (Phi) is 6.22. The van der Waals surface area contributed by atoms with Crippen molar-refractivity contribution < 1.29 is 24.3 Å². The van der Waals surface area contributed by atoms with Crippen LogP contribution in [0.1, 0.15) is 38.5 Å². The summed E-state index contributed by atoms with van der Waals surface area (Å²) in [4.78, 5) is 48.3. The van der Waals surface area contributed by atoms with E-state index in [1.165, 1.54) is 7.05 Å². The summed E-state index contributed by atoms with van der Waals surface area (Å²) in [5.74, 6) is -1.48. The van der Waals surface area contributed by atoms with Crippen LogP contribution in [0.5, 0.6) is 0 Å². The lowest BCUT2D eigenvalue weighted by Gasteiger charge is -2.29.